The molecule has 5 nitrogen and oxygen atoms in total. The summed E-state index contributed by atoms with van der Waals surface area (Å²) >= 11 is 0. The maximum Gasteiger partial charge on any atom is 0.379 e. The number of hydrogen-bond donors (Lipinski definition) is 1. The highest BCUT2D eigenvalue weighted by Gasteiger charge is 2.17. The highest BCUT2D eigenvalue weighted by Crippen LogP contribution is 2.29. The third-order valence-electron chi connectivity index (χ3n) is 3.37. The van der Waals surface area contributed by atoms with Gasteiger partial charge in [-0.2, -0.15) is 0 Å². The first-order valence-corrected chi connectivity index (χ1v) is 7.28. The van der Waals surface area contributed by atoms with Gasteiger partial charge in [-0.15, -0.1) is 0 Å². The van der Waals surface area contributed by atoms with E-state index in [1.807, 2.05) is 26.0 Å². The van der Waals surface area contributed by atoms with Crippen LogP contribution in [0.4, 0.5) is 5.69 Å². The van der Waals surface area contributed by atoms with Crippen molar-refractivity contribution in [2.24, 2.45) is 0 Å². The van der Waals surface area contributed by atoms with Gasteiger partial charge in [-0.1, -0.05) is 0 Å². The first-order chi connectivity index (χ1) is 10.9. The highest BCUT2D eigenvalue weighted by atomic mass is 16.5. The summed E-state index contributed by atoms with van der Waals surface area (Å²) in [6, 6.07) is 10.1. The van der Waals surface area contributed by atoms with Crippen LogP contribution in [0.3, 0.4) is 0 Å². The summed E-state index contributed by atoms with van der Waals surface area (Å²) in [5.41, 5.74) is 8.68. The third-order valence-corrected chi connectivity index (χ3v) is 3.37. The van der Waals surface area contributed by atoms with Crippen LogP contribution in [0.5, 0.6) is 11.5 Å². The van der Waals surface area contributed by atoms with Crippen molar-refractivity contribution >= 4 is 17.4 Å². The molecule has 0 saturated heterocycles. The van der Waals surface area contributed by atoms with E-state index in [1.54, 1.807) is 19.1 Å². The molecule has 0 aliphatic heterocycles. The molecule has 0 unspecified atom stereocenters. The Morgan fingerprint density at radius 3 is 2.30 bits per heavy atom. The number of carbonyl (C=O) groups excluding carboxylic acids is 2. The second-order valence-corrected chi connectivity index (χ2v) is 5.15. The maximum absolute atomic E-state index is 11.8. The fraction of sp³-hybridized carbons (Fsp3) is 0.222. The maximum atomic E-state index is 11.8. The number of ketones is 1. The van der Waals surface area contributed by atoms with Crippen molar-refractivity contribution in [3.05, 3.63) is 53.1 Å². The second kappa shape index (κ2) is 6.96. The van der Waals surface area contributed by atoms with Crippen molar-refractivity contribution in [2.75, 3.05) is 12.3 Å². The lowest BCUT2D eigenvalue weighted by Gasteiger charge is -2.11. The Morgan fingerprint density at radius 2 is 1.70 bits per heavy atom. The Labute approximate surface area is 135 Å². The zero-order valence-corrected chi connectivity index (χ0v) is 13.4. The molecule has 0 atom stereocenters. The first-order valence-electron chi connectivity index (χ1n) is 7.28. The number of carbonyl (C=O) groups is 2. The molecule has 2 aromatic rings. The average Bonchev–Trinajstić information content (AvgIpc) is 2.53. The SMILES string of the molecule is CCOC(=O)C(=O)c1ccc(Oc2cc(C)c(N)cc2C)cc1. The molecule has 2 N–H and O–H groups in total. The van der Waals surface area contributed by atoms with Gasteiger partial charge in [0, 0.05) is 11.3 Å². The molecule has 120 valence electrons. The number of nitrogen functional groups attached to an aromatic ring is 1. The number of nitrogens with two attached hydrogens (primary N) is 1. The number of Topliss-reactive ketones (excluding diaryl/α,β-unsaturated/α-hetero) is 1. The molecule has 0 bridgehead atoms. The number of anilines is 1. The Balaban J connectivity index is 2.16. The number of esters is 1. The lowest BCUT2D eigenvalue weighted by atomic mass is 10.1. The Bertz CT molecular complexity index is 735. The Hall–Kier alpha value is -2.82. The molecule has 0 heterocycles. The van der Waals surface area contributed by atoms with Crippen molar-refractivity contribution in [3.63, 3.8) is 0 Å². The van der Waals surface area contributed by atoms with Crippen LogP contribution in [0.25, 0.3) is 0 Å². The van der Waals surface area contributed by atoms with E-state index in [0.717, 1.165) is 11.1 Å². The van der Waals surface area contributed by atoms with Gasteiger partial charge in [0.05, 0.1) is 6.61 Å². The van der Waals surface area contributed by atoms with Crippen LogP contribution in [-0.4, -0.2) is 18.4 Å². The van der Waals surface area contributed by atoms with E-state index >= 15 is 0 Å². The van der Waals surface area contributed by atoms with Crippen LogP contribution < -0.4 is 10.5 Å². The van der Waals surface area contributed by atoms with Gasteiger partial charge >= 0.3 is 5.97 Å². The van der Waals surface area contributed by atoms with Gasteiger partial charge in [-0.3, -0.25) is 4.79 Å². The molecule has 5 heteroatoms. The molecule has 0 saturated carbocycles. The largest absolute Gasteiger partial charge is 0.460 e. The van der Waals surface area contributed by atoms with Crippen molar-refractivity contribution in [1.82, 2.24) is 0 Å². The molecule has 0 aromatic heterocycles. The van der Waals surface area contributed by atoms with E-state index in [0.29, 0.717) is 17.2 Å². The van der Waals surface area contributed by atoms with Gasteiger partial charge in [-0.05, 0) is 68.3 Å². The summed E-state index contributed by atoms with van der Waals surface area (Å²) < 4.78 is 10.5. The highest BCUT2D eigenvalue weighted by molar-refractivity contribution is 6.40. The quantitative estimate of drug-likeness (QED) is 0.396. The Morgan fingerprint density at radius 1 is 1.04 bits per heavy atom. The molecule has 0 aliphatic rings. The van der Waals surface area contributed by atoms with Crippen LogP contribution in [0.1, 0.15) is 28.4 Å². The van der Waals surface area contributed by atoms with Gasteiger partial charge in [-0.25, -0.2) is 4.79 Å². The van der Waals surface area contributed by atoms with Crippen molar-refractivity contribution in [3.8, 4) is 11.5 Å². The molecule has 0 spiro atoms. The minimum absolute atomic E-state index is 0.168. The van der Waals surface area contributed by atoms with E-state index in [4.69, 9.17) is 15.2 Å². The lowest BCUT2D eigenvalue weighted by molar-refractivity contribution is -0.137. The molecule has 23 heavy (non-hydrogen) atoms. The third kappa shape index (κ3) is 3.88. The average molecular weight is 313 g/mol. The minimum Gasteiger partial charge on any atom is -0.460 e. The van der Waals surface area contributed by atoms with Gasteiger partial charge in [0.25, 0.3) is 5.78 Å². The standard InChI is InChI=1S/C18H19NO4/c1-4-22-18(21)17(20)13-5-7-14(8-6-13)23-16-10-11(2)15(19)9-12(16)3/h5-10H,4,19H2,1-3H3. The van der Waals surface area contributed by atoms with Crippen LogP contribution >= 0.6 is 0 Å². The van der Waals surface area contributed by atoms with Crippen LogP contribution in [0.2, 0.25) is 0 Å². The van der Waals surface area contributed by atoms with E-state index in [-0.39, 0.29) is 12.2 Å². The Kier molecular flexibility index (Phi) is 5.01. The molecule has 0 amide bonds. The van der Waals surface area contributed by atoms with E-state index in [1.165, 1.54) is 12.1 Å². The van der Waals surface area contributed by atoms with Crippen LogP contribution in [0, 0.1) is 13.8 Å². The van der Waals surface area contributed by atoms with Crippen molar-refractivity contribution < 1.29 is 19.1 Å². The molecule has 2 aromatic carbocycles. The summed E-state index contributed by atoms with van der Waals surface area (Å²) in [5, 5.41) is 0. The van der Waals surface area contributed by atoms with Gasteiger partial charge < -0.3 is 15.2 Å². The summed E-state index contributed by atoms with van der Waals surface area (Å²) in [6.07, 6.45) is 0. The van der Waals surface area contributed by atoms with Gasteiger partial charge in [0.15, 0.2) is 0 Å². The molecular weight excluding hydrogens is 294 g/mol. The van der Waals surface area contributed by atoms with E-state index < -0.39 is 11.8 Å². The lowest BCUT2D eigenvalue weighted by Crippen LogP contribution is -2.17. The monoisotopic (exact) mass is 313 g/mol. The summed E-state index contributed by atoms with van der Waals surface area (Å²) in [4.78, 5) is 23.2. The van der Waals surface area contributed by atoms with Crippen molar-refractivity contribution in [2.45, 2.75) is 20.8 Å². The number of hydrogen-bond acceptors (Lipinski definition) is 5. The number of rotatable bonds is 5. The van der Waals surface area contributed by atoms with Crippen molar-refractivity contribution in [1.29, 1.82) is 0 Å². The molecular formula is C18H19NO4. The van der Waals surface area contributed by atoms with Gasteiger partial charge in [0.2, 0.25) is 0 Å². The zero-order valence-electron chi connectivity index (χ0n) is 13.4. The van der Waals surface area contributed by atoms with Crippen LogP contribution in [-0.2, 0) is 9.53 Å². The minimum atomic E-state index is -0.855. The molecule has 0 aliphatic carbocycles. The normalized spacial score (nSPS) is 10.2. The number of ether oxygens (including phenoxy) is 2. The first kappa shape index (κ1) is 16.5. The predicted molar refractivity (Wildman–Crippen MR) is 87.8 cm³/mol. The molecule has 2 rings (SSSR count). The summed E-state index contributed by atoms with van der Waals surface area (Å²) in [7, 11) is 0. The predicted octanol–water partition coefficient (Wildman–Crippen LogP) is 3.42. The number of aryl methyl sites for hydroxylation is 2. The van der Waals surface area contributed by atoms with E-state index in [2.05, 4.69) is 0 Å². The van der Waals surface area contributed by atoms with E-state index in [9.17, 15) is 9.59 Å². The topological polar surface area (TPSA) is 78.6 Å². The second-order valence-electron chi connectivity index (χ2n) is 5.15. The van der Waals surface area contributed by atoms with Gasteiger partial charge in [0.1, 0.15) is 11.5 Å². The number of benzene rings is 2. The van der Waals surface area contributed by atoms with Crippen LogP contribution in [0.15, 0.2) is 36.4 Å². The molecule has 0 fully saturated rings. The zero-order chi connectivity index (χ0) is 17.0. The fourth-order valence-electron chi connectivity index (χ4n) is 2.04. The summed E-state index contributed by atoms with van der Waals surface area (Å²) in [5.74, 6) is -0.261. The summed E-state index contributed by atoms with van der Waals surface area (Å²) in [6.45, 7) is 5.63. The fourth-order valence-corrected chi connectivity index (χ4v) is 2.04. The smallest absolute Gasteiger partial charge is 0.379 e. The molecule has 0 radical (unpaired) electrons.